The number of aromatic amines is 1. The van der Waals surface area contributed by atoms with Gasteiger partial charge in [0, 0.05) is 23.6 Å². The van der Waals surface area contributed by atoms with E-state index in [1.807, 2.05) is 12.1 Å². The summed E-state index contributed by atoms with van der Waals surface area (Å²) in [5.74, 6) is 2.66. The summed E-state index contributed by atoms with van der Waals surface area (Å²) in [6, 6.07) is 7.29. The van der Waals surface area contributed by atoms with Crippen molar-refractivity contribution >= 4 is 23.2 Å². The van der Waals surface area contributed by atoms with E-state index >= 15 is 0 Å². The fourth-order valence-electron chi connectivity index (χ4n) is 3.47. The fourth-order valence-corrected chi connectivity index (χ4v) is 3.67. The lowest BCUT2D eigenvalue weighted by Crippen LogP contribution is -2.33. The van der Waals surface area contributed by atoms with Crippen LogP contribution in [-0.2, 0) is 0 Å². The molecule has 0 radical (unpaired) electrons. The fraction of sp³-hybridized carbons (Fsp3) is 0.333. The van der Waals surface area contributed by atoms with Crippen LogP contribution in [0.3, 0.4) is 0 Å². The van der Waals surface area contributed by atoms with Crippen molar-refractivity contribution in [2.75, 3.05) is 32.1 Å². The molecule has 3 heterocycles. The Labute approximate surface area is 184 Å². The number of methoxy groups -OCH3 is 1. The molecule has 0 saturated carbocycles. The maximum atomic E-state index is 8.84. The number of nitriles is 1. The summed E-state index contributed by atoms with van der Waals surface area (Å²) in [7, 11) is 1.59. The van der Waals surface area contributed by atoms with Gasteiger partial charge in [0.1, 0.15) is 23.4 Å². The van der Waals surface area contributed by atoms with Crippen LogP contribution in [0.15, 0.2) is 30.6 Å². The van der Waals surface area contributed by atoms with E-state index in [2.05, 4.69) is 30.8 Å². The van der Waals surface area contributed by atoms with E-state index < -0.39 is 0 Å². The zero-order valence-electron chi connectivity index (χ0n) is 17.0. The Hall–Kier alpha value is -3.35. The number of aromatic nitrogens is 4. The molecule has 10 heteroatoms. The van der Waals surface area contributed by atoms with Gasteiger partial charge in [0.25, 0.3) is 0 Å². The van der Waals surface area contributed by atoms with Crippen molar-refractivity contribution in [3.8, 4) is 28.8 Å². The number of ether oxygens (including phenoxy) is 2. The highest BCUT2D eigenvalue weighted by Gasteiger charge is 2.20. The van der Waals surface area contributed by atoms with Gasteiger partial charge in [0.05, 0.1) is 37.4 Å². The highest BCUT2D eigenvalue weighted by atomic mass is 35.5. The summed E-state index contributed by atoms with van der Waals surface area (Å²) in [4.78, 5) is 8.14. The molecule has 4 rings (SSSR count). The lowest BCUT2D eigenvalue weighted by atomic mass is 10.0. The number of hydrogen-bond donors (Lipinski definition) is 3. The summed E-state index contributed by atoms with van der Waals surface area (Å²) in [5.41, 5.74) is 1.69. The van der Waals surface area contributed by atoms with Gasteiger partial charge >= 0.3 is 0 Å². The van der Waals surface area contributed by atoms with E-state index in [1.165, 1.54) is 12.4 Å². The van der Waals surface area contributed by atoms with E-state index in [9.17, 15) is 0 Å². The van der Waals surface area contributed by atoms with Crippen molar-refractivity contribution in [1.29, 1.82) is 5.26 Å². The number of piperidine rings is 1. The highest BCUT2D eigenvalue weighted by Crippen LogP contribution is 2.41. The molecule has 31 heavy (non-hydrogen) atoms. The number of anilines is 2. The maximum absolute atomic E-state index is 8.84. The Morgan fingerprint density at radius 2 is 2.10 bits per heavy atom. The summed E-state index contributed by atoms with van der Waals surface area (Å²) in [5, 5.41) is 23.1. The molecular weight excluding hydrogens is 418 g/mol. The molecule has 9 nitrogen and oxygen atoms in total. The Balaban J connectivity index is 1.58. The lowest BCUT2D eigenvalue weighted by molar-refractivity contribution is 0.218. The Bertz CT molecular complexity index is 1070. The Morgan fingerprint density at radius 1 is 1.23 bits per heavy atom. The van der Waals surface area contributed by atoms with Gasteiger partial charge in [-0.2, -0.15) is 10.4 Å². The normalized spacial score (nSPS) is 15.8. The predicted octanol–water partition coefficient (Wildman–Crippen LogP) is 3.52. The smallest absolute Gasteiger partial charge is 0.158 e. The molecule has 1 saturated heterocycles. The van der Waals surface area contributed by atoms with Crippen LogP contribution in [0.1, 0.15) is 18.5 Å². The third-order valence-corrected chi connectivity index (χ3v) is 5.21. The van der Waals surface area contributed by atoms with E-state index in [1.54, 1.807) is 19.2 Å². The van der Waals surface area contributed by atoms with Gasteiger partial charge in [-0.1, -0.05) is 11.6 Å². The minimum absolute atomic E-state index is 0.245. The van der Waals surface area contributed by atoms with Crippen molar-refractivity contribution < 1.29 is 9.47 Å². The number of hydrogen-bond acceptors (Lipinski definition) is 8. The molecule has 1 fully saturated rings. The number of halogens is 1. The first kappa shape index (κ1) is 20.9. The summed E-state index contributed by atoms with van der Waals surface area (Å²) in [6.45, 7) is 2.58. The maximum Gasteiger partial charge on any atom is 0.158 e. The molecule has 3 N–H and O–H groups in total. The van der Waals surface area contributed by atoms with Crippen molar-refractivity contribution in [2.24, 2.45) is 5.92 Å². The largest absolute Gasteiger partial charge is 0.496 e. The van der Waals surface area contributed by atoms with Crippen molar-refractivity contribution in [3.05, 3.63) is 41.3 Å². The van der Waals surface area contributed by atoms with Gasteiger partial charge in [0.2, 0.25) is 0 Å². The van der Waals surface area contributed by atoms with Crippen molar-refractivity contribution in [1.82, 2.24) is 25.5 Å². The standard InChI is InChI=1S/C21H22ClN7O2/c1-30-17-5-14(22)6-18(31-12-13-3-2-4-24-9-13)21(17)16-7-19(29-28-16)27-20-11-25-15(8-23)10-26-20/h5-7,10-11,13,24H,2-4,9,12H2,1H3,(H2,26,27,28,29). The molecule has 3 aromatic rings. The van der Waals surface area contributed by atoms with Crippen LogP contribution >= 0.6 is 11.6 Å². The zero-order chi connectivity index (χ0) is 21.6. The molecule has 0 spiro atoms. The van der Waals surface area contributed by atoms with Gasteiger partial charge in [0.15, 0.2) is 11.5 Å². The Kier molecular flexibility index (Phi) is 6.50. The predicted molar refractivity (Wildman–Crippen MR) is 117 cm³/mol. The average molecular weight is 440 g/mol. The first-order chi connectivity index (χ1) is 15.2. The van der Waals surface area contributed by atoms with E-state index in [0.29, 0.717) is 46.4 Å². The molecule has 1 aliphatic rings. The van der Waals surface area contributed by atoms with Gasteiger partial charge in [-0.15, -0.1) is 0 Å². The topological polar surface area (TPSA) is 121 Å². The van der Waals surface area contributed by atoms with Gasteiger partial charge < -0.3 is 20.1 Å². The quantitative estimate of drug-likeness (QED) is 0.511. The van der Waals surface area contributed by atoms with Crippen molar-refractivity contribution in [3.63, 3.8) is 0 Å². The molecule has 160 valence electrons. The van der Waals surface area contributed by atoms with Crippen LogP contribution in [0.5, 0.6) is 11.5 Å². The second-order valence-corrected chi connectivity index (χ2v) is 7.63. The van der Waals surface area contributed by atoms with Crippen molar-refractivity contribution in [2.45, 2.75) is 12.8 Å². The number of H-pyrrole nitrogens is 1. The van der Waals surface area contributed by atoms with E-state index in [0.717, 1.165) is 31.5 Å². The number of rotatable bonds is 7. The molecular formula is C21H22ClN7O2. The minimum Gasteiger partial charge on any atom is -0.496 e. The van der Waals surface area contributed by atoms with Crippen LogP contribution < -0.4 is 20.1 Å². The molecule has 2 aromatic heterocycles. The second kappa shape index (κ2) is 9.64. The van der Waals surface area contributed by atoms with Gasteiger partial charge in [-0.05, 0) is 31.5 Å². The second-order valence-electron chi connectivity index (χ2n) is 7.20. The molecule has 1 unspecified atom stereocenters. The molecule has 1 aliphatic heterocycles. The zero-order valence-corrected chi connectivity index (χ0v) is 17.7. The Morgan fingerprint density at radius 3 is 2.81 bits per heavy atom. The van der Waals surface area contributed by atoms with Crippen LogP contribution in [0.4, 0.5) is 11.6 Å². The summed E-state index contributed by atoms with van der Waals surface area (Å²) >= 11 is 6.30. The summed E-state index contributed by atoms with van der Waals surface area (Å²) < 4.78 is 11.8. The molecule has 0 aliphatic carbocycles. The number of nitrogens with one attached hydrogen (secondary N) is 3. The molecule has 1 aromatic carbocycles. The third-order valence-electron chi connectivity index (χ3n) is 4.99. The SMILES string of the molecule is COc1cc(Cl)cc(OCC2CCCNC2)c1-c1cc(Nc2cnc(C#N)cn2)n[nH]1. The van der Waals surface area contributed by atoms with E-state index in [-0.39, 0.29) is 5.69 Å². The monoisotopic (exact) mass is 439 g/mol. The number of nitrogens with zero attached hydrogens (tertiary/aromatic N) is 4. The molecule has 0 amide bonds. The summed E-state index contributed by atoms with van der Waals surface area (Å²) in [6.07, 6.45) is 5.14. The van der Waals surface area contributed by atoms with Gasteiger partial charge in [-0.25, -0.2) is 9.97 Å². The van der Waals surface area contributed by atoms with Crippen LogP contribution in [0, 0.1) is 17.2 Å². The molecule has 1 atom stereocenters. The number of benzene rings is 1. The van der Waals surface area contributed by atoms with Crippen LogP contribution in [0.2, 0.25) is 5.02 Å². The average Bonchev–Trinajstić information content (AvgIpc) is 3.26. The van der Waals surface area contributed by atoms with Gasteiger partial charge in [-0.3, -0.25) is 5.10 Å². The minimum atomic E-state index is 0.245. The lowest BCUT2D eigenvalue weighted by Gasteiger charge is -2.23. The first-order valence-corrected chi connectivity index (χ1v) is 10.3. The van der Waals surface area contributed by atoms with Crippen LogP contribution in [-0.4, -0.2) is 47.0 Å². The van der Waals surface area contributed by atoms with E-state index in [4.69, 9.17) is 26.3 Å². The highest BCUT2D eigenvalue weighted by molar-refractivity contribution is 6.31. The third kappa shape index (κ3) is 5.05. The first-order valence-electron chi connectivity index (χ1n) is 9.92. The molecule has 0 bridgehead atoms. The van der Waals surface area contributed by atoms with Crippen LogP contribution in [0.25, 0.3) is 11.3 Å².